The highest BCUT2D eigenvalue weighted by Crippen LogP contribution is 2.48. The van der Waals surface area contributed by atoms with E-state index in [0.717, 1.165) is 29.8 Å². The van der Waals surface area contributed by atoms with E-state index in [9.17, 15) is 9.59 Å². The second kappa shape index (κ2) is 9.47. The average molecular weight is 498 g/mol. The molecular weight excluding hydrogens is 466 g/mol. The molecule has 1 fully saturated rings. The second-order valence-electron chi connectivity index (χ2n) is 9.81. The number of para-hydroxylation sites is 1. The summed E-state index contributed by atoms with van der Waals surface area (Å²) in [4.78, 5) is 34.1. The van der Waals surface area contributed by atoms with Gasteiger partial charge in [0.25, 0.3) is 5.91 Å². The first-order valence-corrected chi connectivity index (χ1v) is 12.8. The molecule has 0 unspecified atom stereocenters. The normalized spacial score (nSPS) is 20.6. The summed E-state index contributed by atoms with van der Waals surface area (Å²) in [5.74, 6) is 0.854. The Morgan fingerprint density at radius 3 is 2.22 bits per heavy atom. The lowest BCUT2D eigenvalue weighted by Gasteiger charge is -2.47. The summed E-state index contributed by atoms with van der Waals surface area (Å²) < 4.78 is 11.2. The highest BCUT2D eigenvalue weighted by atomic mass is 16.5. The van der Waals surface area contributed by atoms with Crippen molar-refractivity contribution in [2.45, 2.75) is 18.4 Å². The fourth-order valence-electron chi connectivity index (χ4n) is 6.14. The van der Waals surface area contributed by atoms with Crippen molar-refractivity contribution in [3.63, 3.8) is 0 Å². The lowest BCUT2D eigenvalue weighted by molar-refractivity contribution is -0.135. The van der Waals surface area contributed by atoms with Crippen LogP contribution in [0, 0.1) is 0 Å². The fraction of sp³-hybridized carbons (Fsp3) is 0.333. The van der Waals surface area contributed by atoms with E-state index in [1.807, 2.05) is 64.4 Å². The summed E-state index contributed by atoms with van der Waals surface area (Å²) in [6.45, 7) is 3.40. The maximum atomic E-state index is 14.3. The van der Waals surface area contributed by atoms with Crippen molar-refractivity contribution in [2.24, 2.45) is 0 Å². The van der Waals surface area contributed by atoms with Crippen LogP contribution in [0.4, 0.5) is 5.69 Å². The molecule has 7 nitrogen and oxygen atoms in total. The molecule has 0 bridgehead atoms. The highest BCUT2D eigenvalue weighted by Gasteiger charge is 2.48. The van der Waals surface area contributed by atoms with Crippen molar-refractivity contribution in [2.75, 3.05) is 51.8 Å². The number of benzene rings is 3. The Bertz CT molecular complexity index is 1330. The van der Waals surface area contributed by atoms with Crippen LogP contribution >= 0.6 is 0 Å². The van der Waals surface area contributed by atoms with Crippen molar-refractivity contribution in [3.05, 3.63) is 89.0 Å². The van der Waals surface area contributed by atoms with E-state index in [0.29, 0.717) is 43.1 Å². The zero-order valence-corrected chi connectivity index (χ0v) is 21.2. The van der Waals surface area contributed by atoms with Gasteiger partial charge in [-0.15, -0.1) is 0 Å². The van der Waals surface area contributed by atoms with Gasteiger partial charge < -0.3 is 24.2 Å². The van der Waals surface area contributed by atoms with Crippen molar-refractivity contribution >= 4 is 17.5 Å². The van der Waals surface area contributed by atoms with E-state index in [1.165, 1.54) is 5.69 Å². The number of amides is 2. The minimum atomic E-state index is -0.477. The number of rotatable bonds is 4. The molecular formula is C30H31N3O4. The van der Waals surface area contributed by atoms with Gasteiger partial charge in [0.15, 0.2) is 11.5 Å². The minimum Gasteiger partial charge on any atom is -0.493 e. The van der Waals surface area contributed by atoms with Crippen molar-refractivity contribution in [1.82, 2.24) is 9.80 Å². The Morgan fingerprint density at radius 2 is 1.49 bits per heavy atom. The van der Waals surface area contributed by atoms with Gasteiger partial charge in [0, 0.05) is 44.0 Å². The molecule has 190 valence electrons. The van der Waals surface area contributed by atoms with Crippen molar-refractivity contribution < 1.29 is 19.1 Å². The van der Waals surface area contributed by atoms with E-state index in [1.54, 1.807) is 14.2 Å². The first-order chi connectivity index (χ1) is 18.1. The SMILES string of the molecule is COc1cc2c(cc1OC)[C@@H]1[C@H](C(=O)N3CCN(c4ccccc4)CC3)c3ccccc3C(=O)N1CC2. The Kier molecular flexibility index (Phi) is 5.99. The first-order valence-electron chi connectivity index (χ1n) is 12.8. The standard InChI is InChI=1S/C30H31N3O4/c1-36-25-18-20-12-13-33-28(24(20)19-26(25)37-2)27(22-10-6-7-11-23(22)29(33)34)30(35)32-16-14-31(15-17-32)21-8-4-3-5-9-21/h3-11,18-19,27-28H,12-17H2,1-2H3/t27-,28-/m1/s1. The fourth-order valence-corrected chi connectivity index (χ4v) is 6.14. The maximum Gasteiger partial charge on any atom is 0.254 e. The molecule has 0 N–H and O–H groups in total. The molecule has 0 radical (unpaired) electrons. The molecule has 2 amide bonds. The number of ether oxygens (including phenoxy) is 2. The minimum absolute atomic E-state index is 0.0148. The van der Waals surface area contributed by atoms with Crippen LogP contribution < -0.4 is 14.4 Å². The molecule has 2 atom stereocenters. The van der Waals surface area contributed by atoms with Gasteiger partial charge in [0.2, 0.25) is 5.91 Å². The van der Waals surface area contributed by atoms with Crippen LogP contribution in [0.1, 0.15) is 39.0 Å². The van der Waals surface area contributed by atoms with Crippen LogP contribution in [0.25, 0.3) is 0 Å². The number of methoxy groups -OCH3 is 2. The van der Waals surface area contributed by atoms with E-state index in [-0.39, 0.29) is 17.9 Å². The van der Waals surface area contributed by atoms with E-state index in [2.05, 4.69) is 17.0 Å². The molecule has 7 heteroatoms. The van der Waals surface area contributed by atoms with E-state index >= 15 is 0 Å². The monoisotopic (exact) mass is 497 g/mol. The van der Waals surface area contributed by atoms with Crippen LogP contribution in [0.3, 0.4) is 0 Å². The second-order valence-corrected chi connectivity index (χ2v) is 9.81. The summed E-state index contributed by atoms with van der Waals surface area (Å²) in [5, 5.41) is 0. The van der Waals surface area contributed by atoms with Crippen molar-refractivity contribution in [1.29, 1.82) is 0 Å². The lowest BCUT2D eigenvalue weighted by atomic mass is 9.75. The van der Waals surface area contributed by atoms with E-state index < -0.39 is 5.92 Å². The van der Waals surface area contributed by atoms with Crippen LogP contribution in [0.15, 0.2) is 66.7 Å². The van der Waals surface area contributed by atoms with Crippen molar-refractivity contribution in [3.8, 4) is 11.5 Å². The molecule has 3 heterocycles. The molecule has 6 rings (SSSR count). The van der Waals surface area contributed by atoms with Gasteiger partial charge in [-0.3, -0.25) is 9.59 Å². The van der Waals surface area contributed by atoms with Gasteiger partial charge in [-0.2, -0.15) is 0 Å². The molecule has 0 aliphatic carbocycles. The Hall–Kier alpha value is -4.00. The molecule has 3 aromatic rings. The quantitative estimate of drug-likeness (QED) is 0.547. The molecule has 0 saturated carbocycles. The van der Waals surface area contributed by atoms with Crippen LogP contribution in [-0.4, -0.2) is 68.6 Å². The number of carbonyl (C=O) groups excluding carboxylic acids is 2. The molecule has 3 aromatic carbocycles. The number of piperazine rings is 1. The summed E-state index contributed by atoms with van der Waals surface area (Å²) in [7, 11) is 3.24. The summed E-state index contributed by atoms with van der Waals surface area (Å²) in [6.07, 6.45) is 0.705. The molecule has 1 saturated heterocycles. The molecule has 37 heavy (non-hydrogen) atoms. The smallest absolute Gasteiger partial charge is 0.254 e. The summed E-state index contributed by atoms with van der Waals surface area (Å²) >= 11 is 0. The third kappa shape index (κ3) is 3.89. The number of hydrogen-bond acceptors (Lipinski definition) is 5. The molecule has 3 aliphatic rings. The average Bonchev–Trinajstić information content (AvgIpc) is 2.96. The van der Waals surface area contributed by atoms with Gasteiger partial charge in [-0.25, -0.2) is 0 Å². The zero-order chi connectivity index (χ0) is 25.5. The number of anilines is 1. The Morgan fingerprint density at radius 1 is 0.811 bits per heavy atom. The number of nitrogens with zero attached hydrogens (tertiary/aromatic N) is 3. The largest absolute Gasteiger partial charge is 0.493 e. The highest BCUT2D eigenvalue weighted by molar-refractivity contribution is 6.01. The number of fused-ring (bicyclic) bond motifs is 4. The van der Waals surface area contributed by atoms with Gasteiger partial charge in [0.05, 0.1) is 26.2 Å². The third-order valence-corrected chi connectivity index (χ3v) is 8.00. The summed E-state index contributed by atoms with van der Waals surface area (Å²) in [5.41, 5.74) is 4.68. The number of hydrogen-bond donors (Lipinski definition) is 0. The van der Waals surface area contributed by atoms with Gasteiger partial charge in [-0.1, -0.05) is 36.4 Å². The lowest BCUT2D eigenvalue weighted by Crippen LogP contribution is -2.54. The van der Waals surface area contributed by atoms with E-state index in [4.69, 9.17) is 9.47 Å². The van der Waals surface area contributed by atoms with Crippen LogP contribution in [0.5, 0.6) is 11.5 Å². The number of carbonyl (C=O) groups is 2. The topological polar surface area (TPSA) is 62.3 Å². The maximum absolute atomic E-state index is 14.3. The Balaban J connectivity index is 1.38. The molecule has 0 spiro atoms. The van der Waals surface area contributed by atoms with Crippen LogP contribution in [0.2, 0.25) is 0 Å². The predicted molar refractivity (Wildman–Crippen MR) is 141 cm³/mol. The first kappa shape index (κ1) is 23.4. The molecule has 3 aliphatic heterocycles. The van der Waals surface area contributed by atoms with Gasteiger partial charge in [0.1, 0.15) is 0 Å². The summed E-state index contributed by atoms with van der Waals surface area (Å²) in [6, 6.07) is 21.5. The van der Waals surface area contributed by atoms with Gasteiger partial charge in [-0.05, 0) is 53.4 Å². The molecule has 0 aromatic heterocycles. The predicted octanol–water partition coefficient (Wildman–Crippen LogP) is 3.89. The van der Waals surface area contributed by atoms with Gasteiger partial charge >= 0.3 is 0 Å². The zero-order valence-electron chi connectivity index (χ0n) is 21.2. The van der Waals surface area contributed by atoms with Crippen LogP contribution in [-0.2, 0) is 11.2 Å². The Labute approximate surface area is 217 Å². The third-order valence-electron chi connectivity index (χ3n) is 8.00.